The van der Waals surface area contributed by atoms with Gasteiger partial charge in [0.05, 0.1) is 5.92 Å². The Morgan fingerprint density at radius 1 is 0.600 bits per heavy atom. The van der Waals surface area contributed by atoms with Crippen LogP contribution in [-0.4, -0.2) is 17.4 Å². The molecule has 0 aromatic heterocycles. The highest BCUT2D eigenvalue weighted by molar-refractivity contribution is 5.69. The summed E-state index contributed by atoms with van der Waals surface area (Å²) >= 11 is 0. The number of aldehydes is 1. The maximum absolute atomic E-state index is 11.2. The van der Waals surface area contributed by atoms with E-state index >= 15 is 0 Å². The largest absolute Gasteiger partial charge is 0.481 e. The van der Waals surface area contributed by atoms with Crippen LogP contribution in [-0.2, 0) is 9.59 Å². The SMILES string of the molecule is CCCCCCCCC(CCCCCCC)C(=O)O.CCCCCCCCCC=O. The first-order valence-corrected chi connectivity index (χ1v) is 13.3. The van der Waals surface area contributed by atoms with Crippen molar-refractivity contribution in [2.45, 2.75) is 156 Å². The van der Waals surface area contributed by atoms with Crippen LogP contribution in [0.4, 0.5) is 0 Å². The second-order valence-corrected chi connectivity index (χ2v) is 8.87. The van der Waals surface area contributed by atoms with Crippen LogP contribution in [0.1, 0.15) is 156 Å². The molecule has 0 spiro atoms. The summed E-state index contributed by atoms with van der Waals surface area (Å²) in [5.74, 6) is -0.670. The van der Waals surface area contributed by atoms with Gasteiger partial charge >= 0.3 is 5.97 Å². The van der Waals surface area contributed by atoms with Gasteiger partial charge in [-0.05, 0) is 19.3 Å². The summed E-state index contributed by atoms with van der Waals surface area (Å²) in [5.41, 5.74) is 0. The monoisotopic (exact) mass is 426 g/mol. The zero-order chi connectivity index (χ0) is 22.7. The van der Waals surface area contributed by atoms with E-state index in [-0.39, 0.29) is 5.92 Å². The van der Waals surface area contributed by atoms with Crippen molar-refractivity contribution in [1.82, 2.24) is 0 Å². The van der Waals surface area contributed by atoms with E-state index in [1.807, 2.05) is 0 Å². The third-order valence-electron chi connectivity index (χ3n) is 5.84. The van der Waals surface area contributed by atoms with Gasteiger partial charge in [0.25, 0.3) is 0 Å². The summed E-state index contributed by atoms with van der Waals surface area (Å²) in [7, 11) is 0. The predicted molar refractivity (Wildman–Crippen MR) is 131 cm³/mol. The lowest BCUT2D eigenvalue weighted by Crippen LogP contribution is -2.13. The van der Waals surface area contributed by atoms with Gasteiger partial charge in [0.15, 0.2) is 0 Å². The average Bonchev–Trinajstić information content (AvgIpc) is 2.74. The Balaban J connectivity index is 0. The van der Waals surface area contributed by atoms with Crippen molar-refractivity contribution in [2.24, 2.45) is 5.92 Å². The Morgan fingerprint density at radius 2 is 0.933 bits per heavy atom. The first kappa shape index (κ1) is 31.3. The Hall–Kier alpha value is -0.860. The van der Waals surface area contributed by atoms with Crippen molar-refractivity contribution in [3.8, 4) is 0 Å². The lowest BCUT2D eigenvalue weighted by Gasteiger charge is -2.12. The molecule has 30 heavy (non-hydrogen) atoms. The van der Waals surface area contributed by atoms with Crippen LogP contribution in [0.25, 0.3) is 0 Å². The molecule has 0 aromatic rings. The topological polar surface area (TPSA) is 54.4 Å². The van der Waals surface area contributed by atoms with E-state index in [9.17, 15) is 14.7 Å². The summed E-state index contributed by atoms with van der Waals surface area (Å²) in [6.07, 6.45) is 26.2. The molecule has 0 radical (unpaired) electrons. The molecule has 0 aliphatic rings. The van der Waals surface area contributed by atoms with E-state index in [2.05, 4.69) is 20.8 Å². The molecule has 0 rings (SSSR count). The molecule has 0 saturated carbocycles. The maximum atomic E-state index is 11.2. The lowest BCUT2D eigenvalue weighted by atomic mass is 9.94. The molecule has 1 atom stereocenters. The van der Waals surface area contributed by atoms with E-state index in [0.29, 0.717) is 0 Å². The number of carbonyl (C=O) groups excluding carboxylic acids is 1. The molecule has 0 bridgehead atoms. The minimum absolute atomic E-state index is 0.0900. The van der Waals surface area contributed by atoms with Crippen molar-refractivity contribution < 1.29 is 14.7 Å². The van der Waals surface area contributed by atoms with Gasteiger partial charge in [-0.2, -0.15) is 0 Å². The van der Waals surface area contributed by atoms with Gasteiger partial charge in [-0.25, -0.2) is 0 Å². The zero-order valence-corrected chi connectivity index (χ0v) is 20.8. The third-order valence-corrected chi connectivity index (χ3v) is 5.84. The molecule has 0 aliphatic carbocycles. The molecule has 1 N–H and O–H groups in total. The minimum Gasteiger partial charge on any atom is -0.481 e. The summed E-state index contributed by atoms with van der Waals surface area (Å²) in [5, 5.41) is 9.22. The van der Waals surface area contributed by atoms with Crippen LogP contribution in [0.2, 0.25) is 0 Å². The number of carbonyl (C=O) groups is 2. The highest BCUT2D eigenvalue weighted by Gasteiger charge is 2.16. The number of aliphatic carboxylic acids is 1. The Bertz CT molecular complexity index is 341. The zero-order valence-electron chi connectivity index (χ0n) is 20.8. The van der Waals surface area contributed by atoms with Gasteiger partial charge in [-0.15, -0.1) is 0 Å². The van der Waals surface area contributed by atoms with Gasteiger partial charge in [0, 0.05) is 6.42 Å². The van der Waals surface area contributed by atoms with Crippen molar-refractivity contribution in [3.05, 3.63) is 0 Å². The lowest BCUT2D eigenvalue weighted by molar-refractivity contribution is -0.142. The summed E-state index contributed by atoms with van der Waals surface area (Å²) in [6.45, 7) is 6.66. The van der Waals surface area contributed by atoms with E-state index in [1.54, 1.807) is 0 Å². The van der Waals surface area contributed by atoms with Crippen LogP contribution in [0, 0.1) is 5.92 Å². The summed E-state index contributed by atoms with van der Waals surface area (Å²) in [4.78, 5) is 21.1. The van der Waals surface area contributed by atoms with Crippen LogP contribution in [0.15, 0.2) is 0 Å². The number of carboxylic acids is 1. The smallest absolute Gasteiger partial charge is 0.306 e. The molecule has 0 fully saturated rings. The molecule has 1 unspecified atom stereocenters. The van der Waals surface area contributed by atoms with Crippen molar-refractivity contribution in [2.75, 3.05) is 0 Å². The standard InChI is InChI=1S/C17H34O2.C10H20O/c1-3-5-7-9-11-13-15-16(17(18)19)14-12-10-8-6-4-2;1-2-3-4-5-6-7-8-9-10-11/h16H,3-15H2,1-2H3,(H,18,19);10H,2-9H2,1H3. The third kappa shape index (κ3) is 27.1. The van der Waals surface area contributed by atoms with Crippen molar-refractivity contribution in [1.29, 1.82) is 0 Å². The van der Waals surface area contributed by atoms with Gasteiger partial charge in [-0.1, -0.05) is 130 Å². The normalized spacial score (nSPS) is 11.6. The number of unbranched alkanes of at least 4 members (excludes halogenated alkanes) is 16. The molecule has 0 aromatic carbocycles. The minimum atomic E-state index is -0.580. The summed E-state index contributed by atoms with van der Waals surface area (Å²) < 4.78 is 0. The fourth-order valence-corrected chi connectivity index (χ4v) is 3.74. The molecule has 3 heteroatoms. The van der Waals surface area contributed by atoms with E-state index in [0.717, 1.165) is 44.8 Å². The highest BCUT2D eigenvalue weighted by Crippen LogP contribution is 2.19. The number of hydrogen-bond acceptors (Lipinski definition) is 2. The molecule has 0 heterocycles. The van der Waals surface area contributed by atoms with Crippen LogP contribution >= 0.6 is 0 Å². The fourth-order valence-electron chi connectivity index (χ4n) is 3.74. The number of carboxylic acid groups (broad SMARTS) is 1. The maximum Gasteiger partial charge on any atom is 0.306 e. The second-order valence-electron chi connectivity index (χ2n) is 8.87. The van der Waals surface area contributed by atoms with E-state index < -0.39 is 5.97 Å². The average molecular weight is 427 g/mol. The van der Waals surface area contributed by atoms with Crippen molar-refractivity contribution >= 4 is 12.3 Å². The highest BCUT2D eigenvalue weighted by atomic mass is 16.4. The van der Waals surface area contributed by atoms with Crippen LogP contribution < -0.4 is 0 Å². The van der Waals surface area contributed by atoms with E-state index in [1.165, 1.54) is 96.3 Å². The van der Waals surface area contributed by atoms with Gasteiger partial charge in [0.2, 0.25) is 0 Å². The Kier molecular flexibility index (Phi) is 29.4. The first-order chi connectivity index (χ1) is 14.6. The molecule has 180 valence electrons. The van der Waals surface area contributed by atoms with Gasteiger partial charge in [-0.3, -0.25) is 4.79 Å². The van der Waals surface area contributed by atoms with Crippen molar-refractivity contribution in [3.63, 3.8) is 0 Å². The second kappa shape index (κ2) is 28.1. The molecule has 0 saturated heterocycles. The number of rotatable bonds is 22. The molecule has 0 amide bonds. The number of hydrogen-bond donors (Lipinski definition) is 1. The first-order valence-electron chi connectivity index (χ1n) is 13.3. The van der Waals surface area contributed by atoms with Gasteiger partial charge in [0.1, 0.15) is 6.29 Å². The quantitative estimate of drug-likeness (QED) is 0.139. The van der Waals surface area contributed by atoms with Gasteiger partial charge < -0.3 is 9.90 Å². The predicted octanol–water partition coefficient (Wildman–Crippen LogP) is 9.12. The molecule has 3 nitrogen and oxygen atoms in total. The fraction of sp³-hybridized carbons (Fsp3) is 0.926. The Labute approximate surface area is 188 Å². The summed E-state index contributed by atoms with van der Waals surface area (Å²) in [6, 6.07) is 0. The molecule has 0 aliphatic heterocycles. The Morgan fingerprint density at radius 3 is 1.27 bits per heavy atom. The molecular formula is C27H54O3. The van der Waals surface area contributed by atoms with Crippen LogP contribution in [0.5, 0.6) is 0 Å². The molecular weight excluding hydrogens is 372 g/mol. The van der Waals surface area contributed by atoms with Crippen LogP contribution in [0.3, 0.4) is 0 Å². The van der Waals surface area contributed by atoms with E-state index in [4.69, 9.17) is 0 Å².